The minimum atomic E-state index is -1.55. The fraction of sp³-hybridized carbons (Fsp3) is 0.541. The van der Waals surface area contributed by atoms with Crippen molar-refractivity contribution in [3.05, 3.63) is 59.7 Å². The van der Waals surface area contributed by atoms with E-state index in [0.29, 0.717) is 23.4 Å². The van der Waals surface area contributed by atoms with Crippen LogP contribution < -0.4 is 21.7 Å². The van der Waals surface area contributed by atoms with Gasteiger partial charge in [-0.05, 0) is 61.1 Å². The smallest absolute Gasteiger partial charge is 0.326 e. The van der Waals surface area contributed by atoms with Crippen molar-refractivity contribution in [2.75, 3.05) is 12.9 Å². The summed E-state index contributed by atoms with van der Waals surface area (Å²) in [7, 11) is 1.37. The number of nitrogens with two attached hydrogens (primary N) is 1. The lowest BCUT2D eigenvalue weighted by Gasteiger charge is -2.33. The third-order valence-electron chi connectivity index (χ3n) is 8.80. The number of alkyl halides is 1. The zero-order chi connectivity index (χ0) is 39.0. The molecule has 0 saturated heterocycles. The molecule has 0 aliphatic rings. The van der Waals surface area contributed by atoms with Crippen LogP contribution in [0.2, 0.25) is 0 Å². The van der Waals surface area contributed by atoms with Gasteiger partial charge in [-0.1, -0.05) is 63.8 Å². The topological polar surface area (TPSA) is 232 Å². The van der Waals surface area contributed by atoms with E-state index in [-0.39, 0.29) is 24.3 Å². The van der Waals surface area contributed by atoms with Crippen molar-refractivity contribution in [3.8, 4) is 11.5 Å². The number of carbonyl (C=O) groups is 5. The van der Waals surface area contributed by atoms with E-state index in [0.717, 1.165) is 37.0 Å². The maximum absolute atomic E-state index is 14.0. The number of aliphatic hydroxyl groups excluding tert-OH is 1. The monoisotopic (exact) mass is 747 g/mol. The van der Waals surface area contributed by atoms with Crippen molar-refractivity contribution >= 4 is 41.2 Å². The molecule has 52 heavy (non-hydrogen) atoms. The van der Waals surface area contributed by atoms with Gasteiger partial charge in [0.1, 0.15) is 41.8 Å². The average molecular weight is 748 g/mol. The number of unbranched alkanes of at least 4 members (excludes halogenated alkanes) is 4. The van der Waals surface area contributed by atoms with Gasteiger partial charge in [-0.25, -0.2) is 4.79 Å². The number of aromatic hydroxyl groups is 2. The van der Waals surface area contributed by atoms with Crippen molar-refractivity contribution in [3.63, 3.8) is 0 Å². The number of hydrogen-bond donors (Lipinski definition) is 8. The maximum atomic E-state index is 14.0. The lowest BCUT2D eigenvalue weighted by atomic mass is 9.98. The molecule has 0 aliphatic heterocycles. The highest BCUT2D eigenvalue weighted by Crippen LogP contribution is 2.17. The molecule has 2 rings (SSSR count). The van der Waals surface area contributed by atoms with Crippen molar-refractivity contribution in [1.29, 1.82) is 0 Å². The first-order chi connectivity index (χ1) is 24.5. The van der Waals surface area contributed by atoms with Crippen LogP contribution in [0.15, 0.2) is 48.5 Å². The molecule has 0 bridgehead atoms. The quantitative estimate of drug-likeness (QED) is 0.0646. The van der Waals surface area contributed by atoms with Crippen LogP contribution in [0.25, 0.3) is 0 Å². The number of carboxylic acid groups (broad SMARTS) is 1. The number of phenols is 2. The number of carboxylic acids is 1. The maximum Gasteiger partial charge on any atom is 0.326 e. The van der Waals surface area contributed by atoms with Crippen molar-refractivity contribution < 1.29 is 44.4 Å². The number of aliphatic carboxylic acids is 1. The molecule has 0 radical (unpaired) electrons. The fourth-order valence-corrected chi connectivity index (χ4v) is 5.67. The summed E-state index contributed by atoms with van der Waals surface area (Å²) in [5.41, 5.74) is 7.14. The summed E-state index contributed by atoms with van der Waals surface area (Å²) < 4.78 is 0. The predicted molar refractivity (Wildman–Crippen MR) is 197 cm³/mol. The van der Waals surface area contributed by atoms with Crippen LogP contribution in [0.1, 0.15) is 70.4 Å². The van der Waals surface area contributed by atoms with Gasteiger partial charge in [0.15, 0.2) is 0 Å². The number of phenolic OH excluding ortho intramolecular Hbond substituents is 2. The molecule has 288 valence electrons. The summed E-state index contributed by atoms with van der Waals surface area (Å²) in [5, 5.41) is 47.4. The number of rotatable bonds is 22. The number of halogens is 1. The number of aliphatic hydroxyl groups is 1. The number of nitrogens with one attached hydrogen (secondary N) is 3. The minimum absolute atomic E-state index is 0.00482. The van der Waals surface area contributed by atoms with Crippen LogP contribution in [-0.4, -0.2) is 104 Å². The lowest BCUT2D eigenvalue weighted by molar-refractivity contribution is -0.145. The Bertz CT molecular complexity index is 1460. The number of amides is 4. The number of nitrogens with zero attached hydrogens (tertiary/aromatic N) is 1. The Hall–Kier alpha value is -4.40. The first kappa shape index (κ1) is 43.8. The van der Waals surface area contributed by atoms with Crippen LogP contribution in [0.4, 0.5) is 0 Å². The van der Waals surface area contributed by atoms with Crippen molar-refractivity contribution in [2.45, 2.75) is 108 Å². The number of carbonyl (C=O) groups excluding carboxylic acids is 4. The largest absolute Gasteiger partial charge is 0.508 e. The second-order valence-electron chi connectivity index (χ2n) is 13.4. The molecular weight excluding hydrogens is 694 g/mol. The minimum Gasteiger partial charge on any atom is -0.508 e. The second kappa shape index (κ2) is 21.8. The molecule has 0 spiro atoms. The van der Waals surface area contributed by atoms with E-state index in [4.69, 9.17) is 17.3 Å². The first-order valence-corrected chi connectivity index (χ1v) is 18.0. The molecule has 14 nitrogen and oxygen atoms in total. The Morgan fingerprint density at radius 2 is 1.27 bits per heavy atom. The molecule has 2 aromatic rings. The molecule has 15 heteroatoms. The Labute approximate surface area is 310 Å². The predicted octanol–water partition coefficient (Wildman–Crippen LogP) is 2.19. The molecule has 9 N–H and O–H groups in total. The van der Waals surface area contributed by atoms with Crippen LogP contribution in [0.5, 0.6) is 11.5 Å². The lowest BCUT2D eigenvalue weighted by Crippen LogP contribution is -2.60. The Kier molecular flexibility index (Phi) is 18.4. The van der Waals surface area contributed by atoms with Gasteiger partial charge in [-0.2, -0.15) is 0 Å². The average Bonchev–Trinajstić information content (AvgIpc) is 3.10. The van der Waals surface area contributed by atoms with Crippen LogP contribution in [-0.2, 0) is 36.8 Å². The van der Waals surface area contributed by atoms with Crippen LogP contribution >= 0.6 is 11.6 Å². The molecule has 0 saturated carbocycles. The molecule has 0 fully saturated rings. The molecule has 2 aromatic carbocycles. The number of likely N-dealkylation sites (N-methyl/N-ethyl adjacent to an activating group) is 1. The van der Waals surface area contributed by atoms with E-state index in [1.54, 1.807) is 26.0 Å². The highest BCUT2D eigenvalue weighted by atomic mass is 35.5. The Morgan fingerprint density at radius 1 is 0.750 bits per heavy atom. The normalized spacial score (nSPS) is 14.7. The van der Waals surface area contributed by atoms with E-state index in [1.807, 2.05) is 0 Å². The van der Waals surface area contributed by atoms with Crippen LogP contribution in [0, 0.1) is 5.92 Å². The summed E-state index contributed by atoms with van der Waals surface area (Å²) >= 11 is 5.69. The van der Waals surface area contributed by atoms with Gasteiger partial charge in [0.25, 0.3) is 5.91 Å². The molecular formula is C37H54ClN5O9. The van der Waals surface area contributed by atoms with Crippen molar-refractivity contribution in [1.82, 2.24) is 20.9 Å². The summed E-state index contributed by atoms with van der Waals surface area (Å²) in [6.45, 7) is 4.77. The van der Waals surface area contributed by atoms with Gasteiger partial charge in [-0.3, -0.25) is 19.2 Å². The Balaban J connectivity index is 2.17. The summed E-state index contributed by atoms with van der Waals surface area (Å²) in [5.74, 6) is -4.18. The van der Waals surface area contributed by atoms with Gasteiger partial charge in [0.2, 0.25) is 17.7 Å². The molecule has 0 aromatic heterocycles. The summed E-state index contributed by atoms with van der Waals surface area (Å²) in [4.78, 5) is 67.1. The van der Waals surface area contributed by atoms with Gasteiger partial charge in [0.05, 0.1) is 0 Å². The highest BCUT2D eigenvalue weighted by Gasteiger charge is 2.36. The molecule has 0 unspecified atom stereocenters. The molecule has 6 atom stereocenters. The van der Waals surface area contributed by atoms with E-state index in [1.165, 1.54) is 50.4 Å². The summed E-state index contributed by atoms with van der Waals surface area (Å²) in [6, 6.07) is 6.04. The van der Waals surface area contributed by atoms with Crippen LogP contribution in [0.3, 0.4) is 0 Å². The SMILES string of the molecule is CC(C)[C@H](NC(=O)[C@H](C)NC(=O)[C@@H](O)[C@H](N)CCCCCCCCl)C(=O)N(C)[C@H](Cc1ccc(O)cc1)C(=O)N[C@@H](Cc1ccc(O)cc1)C(=O)O. The highest BCUT2D eigenvalue weighted by molar-refractivity contribution is 6.17. The third-order valence-corrected chi connectivity index (χ3v) is 9.07. The molecule has 0 aliphatic carbocycles. The van der Waals surface area contributed by atoms with Gasteiger partial charge < -0.3 is 47.0 Å². The molecule has 4 amide bonds. The van der Waals surface area contributed by atoms with E-state index in [2.05, 4.69) is 16.0 Å². The first-order valence-electron chi connectivity index (χ1n) is 17.5. The van der Waals surface area contributed by atoms with Gasteiger partial charge in [0, 0.05) is 31.8 Å². The molecule has 0 heterocycles. The zero-order valence-corrected chi connectivity index (χ0v) is 31.0. The summed E-state index contributed by atoms with van der Waals surface area (Å²) in [6.07, 6.45) is 3.18. The standard InChI is InChI=1S/C37H54ClN5O9/c1-22(2)31(42-33(47)23(3)40-35(49)32(46)28(39)10-8-6-5-7-9-19-38)36(50)43(4)30(21-25-13-17-27(45)18-14-25)34(48)41-29(37(51)52)20-24-11-15-26(44)16-12-24/h11-18,22-23,28-32,44-46H,5-10,19-21,39H2,1-4H3,(H,40,49)(H,41,48)(H,42,47)(H,51,52)/t23-,28+,29-,30+,31-,32-/m0/s1. The number of benzene rings is 2. The number of hydrogen-bond acceptors (Lipinski definition) is 9. The van der Waals surface area contributed by atoms with E-state index < -0.39 is 71.8 Å². The van der Waals surface area contributed by atoms with E-state index >= 15 is 0 Å². The van der Waals surface area contributed by atoms with Crippen molar-refractivity contribution in [2.24, 2.45) is 11.7 Å². The Morgan fingerprint density at radius 3 is 1.79 bits per heavy atom. The zero-order valence-electron chi connectivity index (χ0n) is 30.3. The fourth-order valence-electron chi connectivity index (χ4n) is 5.48. The van der Waals surface area contributed by atoms with Gasteiger partial charge >= 0.3 is 5.97 Å². The van der Waals surface area contributed by atoms with E-state index in [9.17, 15) is 44.4 Å². The second-order valence-corrected chi connectivity index (χ2v) is 13.8. The third kappa shape index (κ3) is 14.3. The van der Waals surface area contributed by atoms with Gasteiger partial charge in [-0.15, -0.1) is 11.6 Å².